The van der Waals surface area contributed by atoms with Gasteiger partial charge in [0.15, 0.2) is 5.82 Å². The molecule has 1 fully saturated rings. The summed E-state index contributed by atoms with van der Waals surface area (Å²) in [5, 5.41) is 5.88. The molecule has 0 aliphatic carbocycles. The topological polar surface area (TPSA) is 76.0 Å². The van der Waals surface area contributed by atoms with Gasteiger partial charge in [0.1, 0.15) is 5.82 Å². The Morgan fingerprint density at radius 3 is 3.00 bits per heavy atom. The quantitative estimate of drug-likeness (QED) is 0.727. The van der Waals surface area contributed by atoms with Gasteiger partial charge in [-0.05, 0) is 19.4 Å². The predicted octanol–water partition coefficient (Wildman–Crippen LogP) is 2.80. The molecule has 1 aliphatic rings. The third kappa shape index (κ3) is 3.35. The van der Waals surface area contributed by atoms with Gasteiger partial charge in [-0.15, -0.1) is 0 Å². The van der Waals surface area contributed by atoms with Crippen LogP contribution in [0.5, 0.6) is 0 Å². The van der Waals surface area contributed by atoms with Crippen molar-refractivity contribution in [1.82, 2.24) is 24.6 Å². The SMILES string of the molecule is CCn1nc(-c2c[nH]c3ccccc23)nc1[C@H]1CCC(=O)N(CCOC)C1. The normalized spacial score (nSPS) is 17.8. The highest BCUT2D eigenvalue weighted by Crippen LogP contribution is 2.30. The number of hydrogen-bond acceptors (Lipinski definition) is 4. The zero-order chi connectivity index (χ0) is 18.8. The first-order valence-electron chi connectivity index (χ1n) is 9.49. The Kier molecular flexibility index (Phi) is 4.94. The average molecular weight is 367 g/mol. The van der Waals surface area contributed by atoms with E-state index in [1.165, 1.54) is 0 Å². The lowest BCUT2D eigenvalue weighted by molar-refractivity contribution is -0.134. The van der Waals surface area contributed by atoms with Gasteiger partial charge < -0.3 is 14.6 Å². The number of aryl methyl sites for hydroxylation is 1. The Morgan fingerprint density at radius 1 is 1.33 bits per heavy atom. The van der Waals surface area contributed by atoms with E-state index in [0.29, 0.717) is 26.1 Å². The molecule has 3 aromatic rings. The summed E-state index contributed by atoms with van der Waals surface area (Å²) in [5.74, 6) is 2.10. The monoisotopic (exact) mass is 367 g/mol. The van der Waals surface area contributed by atoms with Crippen LogP contribution in [0.4, 0.5) is 0 Å². The molecule has 7 heteroatoms. The second-order valence-electron chi connectivity index (χ2n) is 6.93. The van der Waals surface area contributed by atoms with Crippen LogP contribution < -0.4 is 0 Å². The first kappa shape index (κ1) is 17.7. The van der Waals surface area contributed by atoms with E-state index in [1.807, 2.05) is 27.9 Å². The maximum atomic E-state index is 12.2. The van der Waals surface area contributed by atoms with Gasteiger partial charge in [0.2, 0.25) is 5.91 Å². The number of aromatic nitrogens is 4. The molecule has 1 N–H and O–H groups in total. The molecule has 1 aliphatic heterocycles. The van der Waals surface area contributed by atoms with Crippen LogP contribution in [0.1, 0.15) is 31.5 Å². The molecule has 3 heterocycles. The molecule has 0 radical (unpaired) electrons. The lowest BCUT2D eigenvalue weighted by Crippen LogP contribution is -2.41. The number of methoxy groups -OCH3 is 1. The number of piperidine rings is 1. The van der Waals surface area contributed by atoms with Crippen LogP contribution in [-0.2, 0) is 16.1 Å². The van der Waals surface area contributed by atoms with Crippen molar-refractivity contribution in [3.63, 3.8) is 0 Å². The minimum absolute atomic E-state index is 0.197. The minimum atomic E-state index is 0.197. The highest BCUT2D eigenvalue weighted by Gasteiger charge is 2.30. The molecule has 1 saturated heterocycles. The summed E-state index contributed by atoms with van der Waals surface area (Å²) in [6, 6.07) is 8.17. The summed E-state index contributed by atoms with van der Waals surface area (Å²) >= 11 is 0. The molecule has 0 saturated carbocycles. The number of likely N-dealkylation sites (tertiary alicyclic amines) is 1. The number of hydrogen-bond donors (Lipinski definition) is 1. The van der Waals surface area contributed by atoms with Gasteiger partial charge in [-0.2, -0.15) is 5.10 Å². The Labute approximate surface area is 158 Å². The molecule has 1 aromatic carbocycles. The smallest absolute Gasteiger partial charge is 0.222 e. The lowest BCUT2D eigenvalue weighted by atomic mass is 9.96. The summed E-state index contributed by atoms with van der Waals surface area (Å²) in [4.78, 5) is 22.3. The number of carbonyl (C=O) groups excluding carboxylic acids is 1. The van der Waals surface area contributed by atoms with Crippen LogP contribution in [0.2, 0.25) is 0 Å². The van der Waals surface area contributed by atoms with E-state index in [1.54, 1.807) is 7.11 Å². The minimum Gasteiger partial charge on any atom is -0.383 e. The first-order chi connectivity index (χ1) is 13.2. The third-order valence-corrected chi connectivity index (χ3v) is 5.26. The van der Waals surface area contributed by atoms with E-state index in [2.05, 4.69) is 24.0 Å². The summed E-state index contributed by atoms with van der Waals surface area (Å²) in [6.07, 6.45) is 3.33. The van der Waals surface area contributed by atoms with E-state index in [0.717, 1.165) is 41.1 Å². The molecule has 1 atom stereocenters. The van der Waals surface area contributed by atoms with Crippen molar-refractivity contribution in [2.75, 3.05) is 26.8 Å². The number of ether oxygens (including phenoxy) is 1. The van der Waals surface area contributed by atoms with Gasteiger partial charge in [0.25, 0.3) is 0 Å². The van der Waals surface area contributed by atoms with Crippen LogP contribution in [-0.4, -0.2) is 57.4 Å². The number of fused-ring (bicyclic) bond motifs is 1. The average Bonchev–Trinajstić information content (AvgIpc) is 3.31. The second-order valence-corrected chi connectivity index (χ2v) is 6.93. The van der Waals surface area contributed by atoms with E-state index >= 15 is 0 Å². The molecular weight excluding hydrogens is 342 g/mol. The fraction of sp³-hybridized carbons (Fsp3) is 0.450. The van der Waals surface area contributed by atoms with Crippen LogP contribution in [0.25, 0.3) is 22.3 Å². The summed E-state index contributed by atoms with van der Waals surface area (Å²) in [5.41, 5.74) is 2.10. The number of para-hydroxylation sites is 1. The maximum Gasteiger partial charge on any atom is 0.222 e. The van der Waals surface area contributed by atoms with Crippen LogP contribution in [0.3, 0.4) is 0 Å². The van der Waals surface area contributed by atoms with Crippen molar-refractivity contribution >= 4 is 16.8 Å². The summed E-state index contributed by atoms with van der Waals surface area (Å²) in [6.45, 7) is 4.69. The summed E-state index contributed by atoms with van der Waals surface area (Å²) in [7, 11) is 1.66. The Bertz CT molecular complexity index is 945. The van der Waals surface area contributed by atoms with Gasteiger partial charge >= 0.3 is 0 Å². The summed E-state index contributed by atoms with van der Waals surface area (Å²) < 4.78 is 7.12. The maximum absolute atomic E-state index is 12.2. The van der Waals surface area contributed by atoms with Gasteiger partial charge in [0.05, 0.1) is 6.61 Å². The van der Waals surface area contributed by atoms with Gasteiger partial charge in [0, 0.05) is 61.7 Å². The third-order valence-electron chi connectivity index (χ3n) is 5.26. The van der Waals surface area contributed by atoms with Crippen LogP contribution in [0, 0.1) is 0 Å². The molecule has 7 nitrogen and oxygen atoms in total. The van der Waals surface area contributed by atoms with Crippen molar-refractivity contribution in [1.29, 1.82) is 0 Å². The number of aromatic amines is 1. The number of carbonyl (C=O) groups is 1. The number of H-pyrrole nitrogens is 1. The Hall–Kier alpha value is -2.67. The number of nitrogens with one attached hydrogen (secondary N) is 1. The van der Waals surface area contributed by atoms with Crippen molar-refractivity contribution in [2.24, 2.45) is 0 Å². The molecule has 27 heavy (non-hydrogen) atoms. The molecule has 1 amide bonds. The van der Waals surface area contributed by atoms with Crippen molar-refractivity contribution in [2.45, 2.75) is 32.2 Å². The highest BCUT2D eigenvalue weighted by molar-refractivity contribution is 5.93. The molecule has 142 valence electrons. The van der Waals surface area contributed by atoms with Crippen LogP contribution >= 0.6 is 0 Å². The molecule has 0 unspecified atom stereocenters. The van der Waals surface area contributed by atoms with Crippen molar-refractivity contribution < 1.29 is 9.53 Å². The molecular formula is C20H25N5O2. The van der Waals surface area contributed by atoms with Crippen molar-refractivity contribution in [3.8, 4) is 11.4 Å². The lowest BCUT2D eigenvalue weighted by Gasteiger charge is -2.32. The van der Waals surface area contributed by atoms with E-state index in [-0.39, 0.29) is 11.8 Å². The molecule has 0 spiro atoms. The number of amides is 1. The van der Waals surface area contributed by atoms with Crippen molar-refractivity contribution in [3.05, 3.63) is 36.3 Å². The molecule has 2 aromatic heterocycles. The standard InChI is InChI=1S/C20H25N5O2/c1-3-25-20(14-8-9-18(26)24(13-14)10-11-27-2)22-19(23-25)16-12-21-17-7-5-4-6-15(16)17/h4-7,12,14,21H,3,8-11,13H2,1-2H3/t14-/m0/s1. The first-order valence-corrected chi connectivity index (χ1v) is 9.49. The predicted molar refractivity (Wildman–Crippen MR) is 103 cm³/mol. The number of benzene rings is 1. The van der Waals surface area contributed by atoms with E-state index in [9.17, 15) is 4.79 Å². The number of nitrogens with zero attached hydrogens (tertiary/aromatic N) is 4. The van der Waals surface area contributed by atoms with Gasteiger partial charge in [-0.3, -0.25) is 4.79 Å². The highest BCUT2D eigenvalue weighted by atomic mass is 16.5. The van der Waals surface area contributed by atoms with Crippen LogP contribution in [0.15, 0.2) is 30.5 Å². The van der Waals surface area contributed by atoms with E-state index < -0.39 is 0 Å². The van der Waals surface area contributed by atoms with E-state index in [4.69, 9.17) is 14.8 Å². The zero-order valence-electron chi connectivity index (χ0n) is 15.8. The fourth-order valence-electron chi connectivity index (χ4n) is 3.80. The Morgan fingerprint density at radius 2 is 2.19 bits per heavy atom. The molecule has 4 rings (SSSR count). The second kappa shape index (κ2) is 7.52. The Balaban J connectivity index is 1.65. The fourth-order valence-corrected chi connectivity index (χ4v) is 3.80. The molecule has 0 bridgehead atoms. The van der Waals surface area contributed by atoms with Gasteiger partial charge in [-0.25, -0.2) is 9.67 Å². The largest absolute Gasteiger partial charge is 0.383 e. The van der Waals surface area contributed by atoms with Gasteiger partial charge in [-0.1, -0.05) is 18.2 Å². The zero-order valence-corrected chi connectivity index (χ0v) is 15.8. The number of rotatable bonds is 6.